The summed E-state index contributed by atoms with van der Waals surface area (Å²) in [7, 11) is 0. The van der Waals surface area contributed by atoms with Gasteiger partial charge in [-0.3, -0.25) is 4.79 Å². The standard InChI is InChI=1S/C20H18F3N5O2S/c1-10-7-25-18(31-10)14-5-12(6-15-16(14)30-4-3-24-15)17(29)28-11(2)13-8-26-19(27-9-13)20(21,22)23/h5-9,11,24H,3-4H2,1-2H3,(H,28,29). The van der Waals surface area contributed by atoms with Crippen LogP contribution in [0.15, 0.2) is 30.7 Å². The number of carbonyl (C=O) groups excluding carboxylic acids is 1. The number of thiazole rings is 1. The summed E-state index contributed by atoms with van der Waals surface area (Å²) in [5, 5.41) is 6.73. The van der Waals surface area contributed by atoms with Crippen molar-refractivity contribution >= 4 is 22.9 Å². The van der Waals surface area contributed by atoms with Crippen molar-refractivity contribution in [1.82, 2.24) is 20.3 Å². The highest BCUT2D eigenvalue weighted by atomic mass is 32.1. The number of anilines is 1. The number of aryl methyl sites for hydroxylation is 1. The van der Waals surface area contributed by atoms with Crippen LogP contribution in [0.4, 0.5) is 18.9 Å². The highest BCUT2D eigenvalue weighted by Gasteiger charge is 2.34. The monoisotopic (exact) mass is 449 g/mol. The lowest BCUT2D eigenvalue weighted by Gasteiger charge is -2.23. The molecule has 0 bridgehead atoms. The minimum Gasteiger partial charge on any atom is -0.489 e. The molecule has 3 aromatic rings. The highest BCUT2D eigenvalue weighted by molar-refractivity contribution is 7.15. The van der Waals surface area contributed by atoms with Crippen LogP contribution in [0.25, 0.3) is 10.6 Å². The first kappa shape index (κ1) is 21.0. The average molecular weight is 449 g/mol. The summed E-state index contributed by atoms with van der Waals surface area (Å²) in [6, 6.07) is 2.79. The number of fused-ring (bicyclic) bond motifs is 1. The fourth-order valence-electron chi connectivity index (χ4n) is 3.09. The Bertz CT molecular complexity index is 1110. The molecule has 0 saturated heterocycles. The topological polar surface area (TPSA) is 89.0 Å². The second kappa shape index (κ2) is 8.14. The van der Waals surface area contributed by atoms with E-state index in [1.165, 1.54) is 11.3 Å². The Kier molecular flexibility index (Phi) is 5.52. The van der Waals surface area contributed by atoms with Crippen molar-refractivity contribution in [2.24, 2.45) is 0 Å². The Morgan fingerprint density at radius 2 is 1.97 bits per heavy atom. The molecule has 1 atom stereocenters. The van der Waals surface area contributed by atoms with Crippen LogP contribution in [0.2, 0.25) is 0 Å². The summed E-state index contributed by atoms with van der Waals surface area (Å²) >= 11 is 1.49. The van der Waals surface area contributed by atoms with Crippen LogP contribution in [0.1, 0.15) is 39.6 Å². The lowest BCUT2D eigenvalue weighted by molar-refractivity contribution is -0.145. The van der Waals surface area contributed by atoms with Crippen LogP contribution in [0, 0.1) is 6.92 Å². The molecule has 1 aliphatic heterocycles. The Labute approximate surface area is 179 Å². The Morgan fingerprint density at radius 3 is 2.61 bits per heavy atom. The van der Waals surface area contributed by atoms with Crippen molar-refractivity contribution in [2.75, 3.05) is 18.5 Å². The molecule has 1 aromatic carbocycles. The third-order valence-corrected chi connectivity index (χ3v) is 5.59. The summed E-state index contributed by atoms with van der Waals surface area (Å²) in [5.74, 6) is -0.975. The molecule has 31 heavy (non-hydrogen) atoms. The molecule has 2 N–H and O–H groups in total. The number of rotatable bonds is 4. The van der Waals surface area contributed by atoms with Gasteiger partial charge in [0.2, 0.25) is 5.82 Å². The molecule has 2 aromatic heterocycles. The van der Waals surface area contributed by atoms with Crippen molar-refractivity contribution in [3.8, 4) is 16.3 Å². The Balaban J connectivity index is 1.59. The molecule has 7 nitrogen and oxygen atoms in total. The van der Waals surface area contributed by atoms with Crippen LogP contribution in [-0.2, 0) is 6.18 Å². The molecule has 1 amide bonds. The molecule has 3 heterocycles. The van der Waals surface area contributed by atoms with Crippen LogP contribution >= 0.6 is 11.3 Å². The molecule has 0 spiro atoms. The van der Waals surface area contributed by atoms with Gasteiger partial charge in [0.25, 0.3) is 5.91 Å². The summed E-state index contributed by atoms with van der Waals surface area (Å²) in [4.78, 5) is 25.0. The zero-order valence-electron chi connectivity index (χ0n) is 16.6. The van der Waals surface area contributed by atoms with E-state index in [2.05, 4.69) is 25.6 Å². The molecule has 1 aliphatic rings. The van der Waals surface area contributed by atoms with Gasteiger partial charge in [0, 0.05) is 41.1 Å². The van der Waals surface area contributed by atoms with E-state index in [9.17, 15) is 18.0 Å². The molecular weight excluding hydrogens is 431 g/mol. The average Bonchev–Trinajstić information content (AvgIpc) is 3.18. The van der Waals surface area contributed by atoms with Crippen LogP contribution < -0.4 is 15.4 Å². The van der Waals surface area contributed by atoms with Crippen LogP contribution in [0.5, 0.6) is 5.75 Å². The lowest BCUT2D eigenvalue weighted by Crippen LogP contribution is -2.28. The molecule has 162 valence electrons. The van der Waals surface area contributed by atoms with Gasteiger partial charge in [-0.25, -0.2) is 15.0 Å². The molecule has 0 saturated carbocycles. The summed E-state index contributed by atoms with van der Waals surface area (Å²) in [6.07, 6.45) is -0.741. The van der Waals surface area contributed by atoms with Gasteiger partial charge in [-0.05, 0) is 26.0 Å². The van der Waals surface area contributed by atoms with E-state index in [-0.39, 0.29) is 0 Å². The van der Waals surface area contributed by atoms with E-state index < -0.39 is 23.9 Å². The minimum absolute atomic E-state index is 0.358. The van der Waals surface area contributed by atoms with E-state index in [1.54, 1.807) is 25.3 Å². The molecular formula is C20H18F3N5O2S. The zero-order valence-corrected chi connectivity index (χ0v) is 17.4. The number of halogens is 3. The third-order valence-electron chi connectivity index (χ3n) is 4.64. The molecule has 0 radical (unpaired) electrons. The number of nitrogens with zero attached hydrogens (tertiary/aromatic N) is 3. The number of aromatic nitrogens is 3. The lowest BCUT2D eigenvalue weighted by atomic mass is 10.1. The number of carbonyl (C=O) groups is 1. The van der Waals surface area contributed by atoms with Crippen LogP contribution in [-0.4, -0.2) is 34.0 Å². The van der Waals surface area contributed by atoms with Gasteiger partial charge in [-0.2, -0.15) is 13.2 Å². The van der Waals surface area contributed by atoms with E-state index in [4.69, 9.17) is 4.74 Å². The largest absolute Gasteiger partial charge is 0.489 e. The normalized spacial score (nSPS) is 14.2. The number of amides is 1. The van der Waals surface area contributed by atoms with Crippen molar-refractivity contribution < 1.29 is 22.7 Å². The van der Waals surface area contributed by atoms with Crippen molar-refractivity contribution in [2.45, 2.75) is 26.1 Å². The first-order valence-electron chi connectivity index (χ1n) is 9.40. The van der Waals surface area contributed by atoms with Gasteiger partial charge < -0.3 is 15.4 Å². The second-order valence-corrected chi connectivity index (χ2v) is 8.22. The number of ether oxygens (including phenoxy) is 1. The SMILES string of the molecule is Cc1cnc(-c2cc(C(=O)NC(C)c3cnc(C(F)(F)F)nc3)cc3c2OCCN3)s1. The maximum absolute atomic E-state index is 12.9. The fraction of sp³-hybridized carbons (Fsp3) is 0.300. The summed E-state index contributed by atoms with van der Waals surface area (Å²) < 4.78 is 43.8. The number of benzene rings is 1. The molecule has 11 heteroatoms. The quantitative estimate of drug-likeness (QED) is 0.620. The van der Waals surface area contributed by atoms with Gasteiger partial charge in [0.05, 0.1) is 17.3 Å². The predicted octanol–water partition coefficient (Wildman–Crippen LogP) is 4.22. The third kappa shape index (κ3) is 4.46. The van der Waals surface area contributed by atoms with E-state index in [0.717, 1.165) is 22.3 Å². The zero-order chi connectivity index (χ0) is 22.2. The van der Waals surface area contributed by atoms with Gasteiger partial charge in [-0.1, -0.05) is 0 Å². The molecule has 4 rings (SSSR count). The highest BCUT2D eigenvalue weighted by Crippen LogP contribution is 2.41. The Hall–Kier alpha value is -3.21. The summed E-state index contributed by atoms with van der Waals surface area (Å²) in [6.45, 7) is 4.69. The second-order valence-electron chi connectivity index (χ2n) is 6.98. The van der Waals surface area contributed by atoms with Gasteiger partial charge in [0.1, 0.15) is 11.6 Å². The van der Waals surface area contributed by atoms with Gasteiger partial charge >= 0.3 is 6.18 Å². The maximum atomic E-state index is 12.9. The van der Waals surface area contributed by atoms with Gasteiger partial charge in [0.15, 0.2) is 5.75 Å². The number of nitrogens with one attached hydrogen (secondary N) is 2. The summed E-state index contributed by atoms with van der Waals surface area (Å²) in [5.41, 5.74) is 2.13. The van der Waals surface area contributed by atoms with E-state index >= 15 is 0 Å². The molecule has 0 aliphatic carbocycles. The molecule has 1 unspecified atom stereocenters. The predicted molar refractivity (Wildman–Crippen MR) is 109 cm³/mol. The van der Waals surface area contributed by atoms with Crippen LogP contribution in [0.3, 0.4) is 0 Å². The first-order valence-corrected chi connectivity index (χ1v) is 10.2. The fourth-order valence-corrected chi connectivity index (χ4v) is 3.87. The van der Waals surface area contributed by atoms with Gasteiger partial charge in [-0.15, -0.1) is 11.3 Å². The Morgan fingerprint density at radius 1 is 1.23 bits per heavy atom. The smallest absolute Gasteiger partial charge is 0.451 e. The van der Waals surface area contributed by atoms with E-state index in [0.29, 0.717) is 41.3 Å². The van der Waals surface area contributed by atoms with Crippen molar-refractivity contribution in [1.29, 1.82) is 0 Å². The minimum atomic E-state index is -4.62. The molecule has 0 fully saturated rings. The number of hydrogen-bond donors (Lipinski definition) is 2. The van der Waals surface area contributed by atoms with Crippen molar-refractivity contribution in [3.63, 3.8) is 0 Å². The number of hydrogen-bond acceptors (Lipinski definition) is 7. The maximum Gasteiger partial charge on any atom is 0.451 e. The van der Waals surface area contributed by atoms with Crippen molar-refractivity contribution in [3.05, 3.63) is 52.6 Å². The van der Waals surface area contributed by atoms with E-state index in [1.807, 2.05) is 6.92 Å². The number of alkyl halides is 3. The first-order chi connectivity index (χ1) is 14.7.